The summed E-state index contributed by atoms with van der Waals surface area (Å²) in [5, 5.41) is 21.0. The maximum Gasteiger partial charge on any atom is 0.262 e. The van der Waals surface area contributed by atoms with E-state index in [1.54, 1.807) is 4.90 Å². The molecule has 38 heavy (non-hydrogen) atoms. The summed E-state index contributed by atoms with van der Waals surface area (Å²) in [6.45, 7) is 7.75. The van der Waals surface area contributed by atoms with Crippen molar-refractivity contribution in [3.63, 3.8) is 0 Å². The second kappa shape index (κ2) is 9.32. The highest BCUT2D eigenvalue weighted by molar-refractivity contribution is 6.31. The molecule has 5 rings (SSSR count). The Morgan fingerprint density at radius 2 is 2.08 bits per heavy atom. The number of fused-ring (bicyclic) bond motifs is 2. The quantitative estimate of drug-likeness (QED) is 0.556. The highest BCUT2D eigenvalue weighted by Crippen LogP contribution is 2.46. The monoisotopic (exact) mass is 550 g/mol. The zero-order valence-electron chi connectivity index (χ0n) is 21.0. The minimum absolute atomic E-state index is 0.0167. The minimum Gasteiger partial charge on any atom is -0.487 e. The van der Waals surface area contributed by atoms with Gasteiger partial charge in [-0.05, 0) is 38.5 Å². The molecule has 4 heterocycles. The first-order valence-electron chi connectivity index (χ1n) is 12.4. The predicted octanol–water partition coefficient (Wildman–Crippen LogP) is 2.24. The van der Waals surface area contributed by atoms with Gasteiger partial charge in [0.25, 0.3) is 5.91 Å². The molecular formula is C26H29ClF2N4O5. The lowest BCUT2D eigenvalue weighted by atomic mass is 9.90. The number of ether oxygens (including phenoxy) is 1. The van der Waals surface area contributed by atoms with Gasteiger partial charge >= 0.3 is 0 Å². The van der Waals surface area contributed by atoms with Crippen LogP contribution in [0.2, 0.25) is 0 Å². The average molecular weight is 551 g/mol. The molecule has 0 bridgehead atoms. The van der Waals surface area contributed by atoms with Gasteiger partial charge in [0.1, 0.15) is 18.0 Å². The fraction of sp³-hybridized carbons (Fsp3) is 0.500. The third-order valence-corrected chi connectivity index (χ3v) is 7.86. The standard InChI is InChI=1S/C26H29ClF2N4O5/c1-4-18(35)31-7-8-32-15(11-31)13-38-22-19(24(32)36)23(33-12-16(34)10-25(33,2)3)30-21(20(22)28)17-9-14(27)5-6-26(17,29)37/h4-6,9,15-17,34,37H,1,7-8,10-13H2,2-3H3/t15-,16?,17?,26?/m1/s1. The summed E-state index contributed by atoms with van der Waals surface area (Å²) >= 11 is 6.07. The Labute approximate surface area is 223 Å². The molecule has 2 fully saturated rings. The highest BCUT2D eigenvalue weighted by Gasteiger charge is 2.47. The van der Waals surface area contributed by atoms with Gasteiger partial charge in [-0.15, -0.1) is 0 Å². The van der Waals surface area contributed by atoms with Gasteiger partial charge in [0.05, 0.1) is 23.8 Å². The number of amides is 2. The summed E-state index contributed by atoms with van der Waals surface area (Å²) in [5.74, 6) is -6.96. The molecule has 204 valence electrons. The first-order chi connectivity index (χ1) is 17.8. The number of aliphatic hydroxyl groups excluding tert-OH is 1. The van der Waals surface area contributed by atoms with E-state index >= 15 is 8.78 Å². The number of rotatable bonds is 3. The smallest absolute Gasteiger partial charge is 0.262 e. The van der Waals surface area contributed by atoms with Crippen LogP contribution >= 0.6 is 11.6 Å². The van der Waals surface area contributed by atoms with Gasteiger partial charge in [-0.1, -0.05) is 24.3 Å². The van der Waals surface area contributed by atoms with Crippen LogP contribution in [0.4, 0.5) is 14.6 Å². The van der Waals surface area contributed by atoms with Crippen molar-refractivity contribution >= 4 is 29.2 Å². The summed E-state index contributed by atoms with van der Waals surface area (Å²) in [4.78, 5) is 35.3. The third kappa shape index (κ3) is 4.36. The van der Waals surface area contributed by atoms with Crippen LogP contribution in [0.15, 0.2) is 35.9 Å². The number of halogens is 3. The Kier molecular flexibility index (Phi) is 6.52. The van der Waals surface area contributed by atoms with Crippen molar-refractivity contribution in [2.24, 2.45) is 0 Å². The van der Waals surface area contributed by atoms with E-state index in [0.29, 0.717) is 6.42 Å². The van der Waals surface area contributed by atoms with E-state index in [-0.39, 0.29) is 55.1 Å². The lowest BCUT2D eigenvalue weighted by molar-refractivity contribution is -0.128. The van der Waals surface area contributed by atoms with Gasteiger partial charge in [0.15, 0.2) is 11.6 Å². The number of carbonyl (C=O) groups is 2. The topological polar surface area (TPSA) is 106 Å². The number of aromatic nitrogens is 1. The molecule has 4 aliphatic rings. The van der Waals surface area contributed by atoms with Crippen LogP contribution in [0.5, 0.6) is 5.75 Å². The summed E-state index contributed by atoms with van der Waals surface area (Å²) in [6, 6.07) is -0.578. The molecule has 1 aliphatic carbocycles. The zero-order valence-corrected chi connectivity index (χ0v) is 21.8. The van der Waals surface area contributed by atoms with Crippen molar-refractivity contribution in [2.45, 2.75) is 49.7 Å². The Balaban J connectivity index is 1.67. The SMILES string of the molecule is C=CC(=O)N1CCN2C(=O)c3c(N4CC(O)CC4(C)C)nc(C4C=C(Cl)C=CC4(O)F)c(F)c3OC[C@H]2C1. The lowest BCUT2D eigenvalue weighted by Gasteiger charge is -2.40. The number of hydrogen-bond acceptors (Lipinski definition) is 7. The van der Waals surface area contributed by atoms with Crippen molar-refractivity contribution in [3.05, 3.63) is 53.0 Å². The third-order valence-electron chi connectivity index (χ3n) is 7.61. The van der Waals surface area contributed by atoms with Crippen molar-refractivity contribution in [3.8, 4) is 5.75 Å². The van der Waals surface area contributed by atoms with E-state index in [4.69, 9.17) is 16.3 Å². The number of hydrogen-bond donors (Lipinski definition) is 2. The van der Waals surface area contributed by atoms with Crippen LogP contribution in [0.1, 0.15) is 42.2 Å². The van der Waals surface area contributed by atoms with E-state index in [2.05, 4.69) is 11.6 Å². The molecule has 12 heteroatoms. The summed E-state index contributed by atoms with van der Waals surface area (Å²) in [6.07, 6.45) is 3.91. The van der Waals surface area contributed by atoms with Crippen molar-refractivity contribution in [1.82, 2.24) is 14.8 Å². The lowest BCUT2D eigenvalue weighted by Crippen LogP contribution is -2.57. The second-order valence-corrected chi connectivity index (χ2v) is 11.1. The van der Waals surface area contributed by atoms with Crippen molar-refractivity contribution < 1.29 is 33.3 Å². The zero-order chi connectivity index (χ0) is 27.6. The molecule has 4 atom stereocenters. The van der Waals surface area contributed by atoms with Gasteiger partial charge < -0.3 is 29.6 Å². The molecule has 1 aromatic rings. The van der Waals surface area contributed by atoms with Crippen LogP contribution in [-0.2, 0) is 4.79 Å². The number of nitrogens with zero attached hydrogens (tertiary/aromatic N) is 4. The van der Waals surface area contributed by atoms with Crippen LogP contribution in [0, 0.1) is 5.82 Å². The molecule has 3 unspecified atom stereocenters. The molecule has 0 radical (unpaired) electrons. The van der Waals surface area contributed by atoms with Gasteiger partial charge in [-0.2, -0.15) is 0 Å². The maximum absolute atomic E-state index is 16.2. The number of allylic oxidation sites excluding steroid dienone is 2. The van der Waals surface area contributed by atoms with Gasteiger partial charge in [-0.3, -0.25) is 9.59 Å². The Hall–Kier alpha value is -3.02. The highest BCUT2D eigenvalue weighted by atomic mass is 35.5. The number of aliphatic hydroxyl groups is 2. The summed E-state index contributed by atoms with van der Waals surface area (Å²) in [5.41, 5.74) is -1.33. The number of piperazine rings is 1. The Bertz CT molecular complexity index is 1270. The van der Waals surface area contributed by atoms with Crippen LogP contribution in [0.3, 0.4) is 0 Å². The summed E-state index contributed by atoms with van der Waals surface area (Å²) < 4.78 is 37.3. The average Bonchev–Trinajstić information content (AvgIpc) is 3.05. The number of carbonyl (C=O) groups excluding carboxylic acids is 2. The van der Waals surface area contributed by atoms with Crippen LogP contribution in [-0.4, -0.2) is 93.1 Å². The van der Waals surface area contributed by atoms with E-state index in [0.717, 1.165) is 18.2 Å². The largest absolute Gasteiger partial charge is 0.487 e. The molecule has 2 saturated heterocycles. The fourth-order valence-corrected chi connectivity index (χ4v) is 5.87. The fourth-order valence-electron chi connectivity index (χ4n) is 5.68. The maximum atomic E-state index is 16.2. The Morgan fingerprint density at radius 3 is 2.74 bits per heavy atom. The van der Waals surface area contributed by atoms with E-state index in [9.17, 15) is 19.8 Å². The molecule has 9 nitrogen and oxygen atoms in total. The minimum atomic E-state index is -3.00. The second-order valence-electron chi connectivity index (χ2n) is 10.7. The number of pyridine rings is 1. The first-order valence-corrected chi connectivity index (χ1v) is 12.7. The molecule has 3 aliphatic heterocycles. The molecule has 2 N–H and O–H groups in total. The Morgan fingerprint density at radius 1 is 1.34 bits per heavy atom. The van der Waals surface area contributed by atoms with E-state index < -0.39 is 52.6 Å². The van der Waals surface area contributed by atoms with Crippen LogP contribution < -0.4 is 9.64 Å². The van der Waals surface area contributed by atoms with Crippen molar-refractivity contribution in [1.29, 1.82) is 0 Å². The number of alkyl halides is 1. The molecule has 2 amide bonds. The molecule has 1 aromatic heterocycles. The van der Waals surface area contributed by atoms with Crippen molar-refractivity contribution in [2.75, 3.05) is 37.7 Å². The van der Waals surface area contributed by atoms with E-state index in [1.807, 2.05) is 13.8 Å². The first kappa shape index (κ1) is 26.6. The van der Waals surface area contributed by atoms with Crippen LogP contribution in [0.25, 0.3) is 0 Å². The molecule has 0 saturated carbocycles. The normalized spacial score (nSPS) is 30.3. The number of anilines is 1. The predicted molar refractivity (Wildman–Crippen MR) is 135 cm³/mol. The molecule has 0 spiro atoms. The molecule has 0 aromatic carbocycles. The summed E-state index contributed by atoms with van der Waals surface area (Å²) in [7, 11) is 0. The molecular weight excluding hydrogens is 522 g/mol. The van der Waals surface area contributed by atoms with Gasteiger partial charge in [0.2, 0.25) is 11.8 Å². The van der Waals surface area contributed by atoms with E-state index in [1.165, 1.54) is 15.9 Å². The van der Waals surface area contributed by atoms with Gasteiger partial charge in [0, 0.05) is 36.8 Å². The van der Waals surface area contributed by atoms with Gasteiger partial charge in [-0.25, -0.2) is 13.8 Å². The number of β-amino-alcohol motifs (C(OH)–C–C–N with tert-alkyl or cyclic N) is 1.